The highest BCUT2D eigenvalue weighted by Gasteiger charge is 2.30. The lowest BCUT2D eigenvalue weighted by Gasteiger charge is -2.37. The van der Waals surface area contributed by atoms with Crippen LogP contribution in [0.4, 0.5) is 0 Å². The van der Waals surface area contributed by atoms with Crippen LogP contribution in [0.15, 0.2) is 30.3 Å². The van der Waals surface area contributed by atoms with Gasteiger partial charge in [-0.3, -0.25) is 9.69 Å². The number of likely N-dealkylation sites (N-methyl/N-ethyl adjacent to an activating group) is 1. The van der Waals surface area contributed by atoms with E-state index < -0.39 is 0 Å². The Balaban J connectivity index is 2.00. The number of nitrogens with one attached hydrogen (secondary N) is 1. The minimum absolute atomic E-state index is 0.146. The molecule has 0 bridgehead atoms. The van der Waals surface area contributed by atoms with E-state index in [1.54, 1.807) is 0 Å². The third-order valence-electron chi connectivity index (χ3n) is 5.07. The molecule has 4 heteroatoms. The van der Waals surface area contributed by atoms with Crippen LogP contribution in [-0.4, -0.2) is 55.0 Å². The lowest BCUT2D eigenvalue weighted by atomic mass is 10.0. The maximum Gasteiger partial charge on any atom is 0.242 e. The van der Waals surface area contributed by atoms with Crippen LogP contribution in [0.2, 0.25) is 0 Å². The van der Waals surface area contributed by atoms with E-state index in [0.717, 1.165) is 44.1 Å². The Morgan fingerprint density at radius 1 is 1.04 bits per heavy atom. The maximum atomic E-state index is 13.1. The van der Waals surface area contributed by atoms with Crippen molar-refractivity contribution in [1.29, 1.82) is 0 Å². The van der Waals surface area contributed by atoms with Gasteiger partial charge in [-0.25, -0.2) is 0 Å². The summed E-state index contributed by atoms with van der Waals surface area (Å²) in [5, 5.41) is 3.27. The zero-order valence-corrected chi connectivity index (χ0v) is 16.4. The van der Waals surface area contributed by atoms with Crippen LogP contribution in [0.25, 0.3) is 0 Å². The van der Waals surface area contributed by atoms with E-state index in [1.807, 2.05) is 18.2 Å². The molecule has 4 nitrogen and oxygen atoms in total. The van der Waals surface area contributed by atoms with Crippen LogP contribution >= 0.6 is 0 Å². The van der Waals surface area contributed by atoms with E-state index in [-0.39, 0.29) is 18.0 Å². The van der Waals surface area contributed by atoms with E-state index in [2.05, 4.69) is 55.1 Å². The van der Waals surface area contributed by atoms with Gasteiger partial charge < -0.3 is 10.2 Å². The minimum atomic E-state index is -0.178. The predicted octanol–water partition coefficient (Wildman–Crippen LogP) is 3.31. The van der Waals surface area contributed by atoms with Crippen molar-refractivity contribution in [3.8, 4) is 0 Å². The van der Waals surface area contributed by atoms with Crippen molar-refractivity contribution < 1.29 is 4.79 Å². The first-order valence-electron chi connectivity index (χ1n) is 9.75. The molecule has 1 saturated heterocycles. The third kappa shape index (κ3) is 6.44. The molecule has 0 radical (unpaired) electrons. The molecule has 1 aliphatic rings. The largest absolute Gasteiger partial charge is 0.352 e. The Hall–Kier alpha value is -1.39. The van der Waals surface area contributed by atoms with Gasteiger partial charge in [-0.15, -0.1) is 0 Å². The Morgan fingerprint density at radius 2 is 1.68 bits per heavy atom. The van der Waals surface area contributed by atoms with Gasteiger partial charge in [-0.2, -0.15) is 0 Å². The van der Waals surface area contributed by atoms with Gasteiger partial charge in [0.25, 0.3) is 0 Å². The van der Waals surface area contributed by atoms with E-state index in [9.17, 15) is 4.79 Å². The zero-order chi connectivity index (χ0) is 18.2. The summed E-state index contributed by atoms with van der Waals surface area (Å²) in [6, 6.07) is 10.3. The fourth-order valence-electron chi connectivity index (χ4n) is 3.47. The first-order valence-corrected chi connectivity index (χ1v) is 9.75. The number of carbonyl (C=O) groups is 1. The summed E-state index contributed by atoms with van der Waals surface area (Å²) in [6.07, 6.45) is 3.44. The quantitative estimate of drug-likeness (QED) is 0.785. The second-order valence-corrected chi connectivity index (χ2v) is 7.89. The van der Waals surface area contributed by atoms with Gasteiger partial charge in [0.05, 0.1) is 0 Å². The highest BCUT2D eigenvalue weighted by Crippen LogP contribution is 2.23. The Bertz CT molecular complexity index is 509. The minimum Gasteiger partial charge on any atom is -0.352 e. The van der Waals surface area contributed by atoms with E-state index in [0.29, 0.717) is 0 Å². The number of hydrogen-bond acceptors (Lipinski definition) is 3. The summed E-state index contributed by atoms with van der Waals surface area (Å²) in [4.78, 5) is 17.7. The molecule has 1 N–H and O–H groups in total. The molecule has 1 amide bonds. The molecule has 1 aromatic rings. The van der Waals surface area contributed by atoms with Crippen molar-refractivity contribution >= 4 is 5.91 Å². The fraction of sp³-hybridized carbons (Fsp3) is 0.667. The average Bonchev–Trinajstić information content (AvgIpc) is 2.57. The second-order valence-electron chi connectivity index (χ2n) is 7.89. The van der Waals surface area contributed by atoms with Crippen molar-refractivity contribution in [3.05, 3.63) is 35.9 Å². The summed E-state index contributed by atoms with van der Waals surface area (Å²) >= 11 is 0. The second kappa shape index (κ2) is 9.93. The molecule has 0 aromatic heterocycles. The molecule has 1 aromatic carbocycles. The Labute approximate surface area is 153 Å². The van der Waals surface area contributed by atoms with Crippen LogP contribution in [-0.2, 0) is 4.79 Å². The van der Waals surface area contributed by atoms with Crippen molar-refractivity contribution in [2.24, 2.45) is 5.92 Å². The number of hydrogen-bond donors (Lipinski definition) is 1. The highest BCUT2D eigenvalue weighted by molar-refractivity contribution is 5.83. The van der Waals surface area contributed by atoms with Gasteiger partial charge in [0.1, 0.15) is 6.04 Å². The Morgan fingerprint density at radius 3 is 2.28 bits per heavy atom. The maximum absolute atomic E-state index is 13.1. The summed E-state index contributed by atoms with van der Waals surface area (Å²) in [5.74, 6) is 0.873. The Kier molecular flexibility index (Phi) is 7.91. The molecule has 2 rings (SSSR count). The van der Waals surface area contributed by atoms with E-state index in [1.165, 1.54) is 12.8 Å². The third-order valence-corrected chi connectivity index (χ3v) is 5.07. The highest BCUT2D eigenvalue weighted by atomic mass is 16.2. The summed E-state index contributed by atoms with van der Waals surface area (Å²) in [5.41, 5.74) is 1.10. The van der Waals surface area contributed by atoms with Gasteiger partial charge in [-0.1, -0.05) is 57.0 Å². The van der Waals surface area contributed by atoms with Crippen LogP contribution in [0.3, 0.4) is 0 Å². The lowest BCUT2D eigenvalue weighted by Crippen LogP contribution is -2.50. The molecule has 1 heterocycles. The average molecular weight is 346 g/mol. The smallest absolute Gasteiger partial charge is 0.242 e. The molecular formula is C21H35N3O. The van der Waals surface area contributed by atoms with Crippen molar-refractivity contribution in [1.82, 2.24) is 15.1 Å². The first-order chi connectivity index (χ1) is 12.0. The number of nitrogens with zero attached hydrogens (tertiary/aromatic N) is 2. The van der Waals surface area contributed by atoms with Crippen molar-refractivity contribution in [2.75, 3.05) is 33.2 Å². The molecule has 0 unspecified atom stereocenters. The fourth-order valence-corrected chi connectivity index (χ4v) is 3.47. The monoisotopic (exact) mass is 345 g/mol. The van der Waals surface area contributed by atoms with Gasteiger partial charge in [-0.05, 0) is 31.9 Å². The van der Waals surface area contributed by atoms with E-state index in [4.69, 9.17) is 0 Å². The topological polar surface area (TPSA) is 35.6 Å². The van der Waals surface area contributed by atoms with Crippen LogP contribution in [0, 0.1) is 5.92 Å². The van der Waals surface area contributed by atoms with Crippen molar-refractivity contribution in [3.63, 3.8) is 0 Å². The van der Waals surface area contributed by atoms with Crippen LogP contribution < -0.4 is 5.32 Å². The van der Waals surface area contributed by atoms with Crippen LogP contribution in [0.1, 0.15) is 51.6 Å². The number of carbonyl (C=O) groups excluding carboxylic acids is 1. The van der Waals surface area contributed by atoms with Gasteiger partial charge in [0.2, 0.25) is 5.91 Å². The number of amides is 1. The molecule has 0 saturated carbocycles. The molecule has 2 atom stereocenters. The lowest BCUT2D eigenvalue weighted by molar-refractivity contribution is -0.128. The van der Waals surface area contributed by atoms with Crippen LogP contribution in [0.5, 0.6) is 0 Å². The molecule has 140 valence electrons. The van der Waals surface area contributed by atoms with E-state index >= 15 is 0 Å². The van der Waals surface area contributed by atoms with Crippen molar-refractivity contribution in [2.45, 2.75) is 52.1 Å². The normalized spacial score (nSPS) is 18.9. The zero-order valence-electron chi connectivity index (χ0n) is 16.4. The molecule has 0 aliphatic carbocycles. The molecule has 25 heavy (non-hydrogen) atoms. The molecule has 1 aliphatic heterocycles. The predicted molar refractivity (Wildman–Crippen MR) is 105 cm³/mol. The molecular weight excluding hydrogens is 310 g/mol. The first kappa shape index (κ1) is 19.9. The number of benzene rings is 1. The van der Waals surface area contributed by atoms with Gasteiger partial charge in [0.15, 0.2) is 0 Å². The molecule has 1 fully saturated rings. The number of rotatable bonds is 8. The standard InChI is InChI=1S/C21H35N3O/c1-17(2)9-8-10-18(3)22-21(25)20(19-11-6-5-7-12-19)24-15-13-23(4)14-16-24/h5-7,11-12,17-18,20H,8-10,13-16H2,1-4H3,(H,22,25)/t18-,20-/m1/s1. The number of piperazine rings is 1. The molecule has 0 spiro atoms. The van der Waals surface area contributed by atoms with Gasteiger partial charge in [0, 0.05) is 32.2 Å². The summed E-state index contributed by atoms with van der Waals surface area (Å²) in [6.45, 7) is 10.5. The SMILES string of the molecule is CC(C)CCC[C@@H](C)NC(=O)[C@@H](c1ccccc1)N1CCN(C)CC1. The summed E-state index contributed by atoms with van der Waals surface area (Å²) in [7, 11) is 2.14. The summed E-state index contributed by atoms with van der Waals surface area (Å²) < 4.78 is 0. The van der Waals surface area contributed by atoms with Gasteiger partial charge >= 0.3 is 0 Å².